The van der Waals surface area contributed by atoms with Crippen molar-refractivity contribution in [3.8, 4) is 0 Å². The average molecular weight is 223 g/mol. The van der Waals surface area contributed by atoms with Crippen LogP contribution in [0.3, 0.4) is 0 Å². The Labute approximate surface area is 98.1 Å². The molecule has 0 aliphatic carbocycles. The summed E-state index contributed by atoms with van der Waals surface area (Å²) in [6.45, 7) is 5.44. The lowest BCUT2D eigenvalue weighted by atomic mass is 9.88. The van der Waals surface area contributed by atoms with E-state index in [4.69, 9.17) is 0 Å². The van der Waals surface area contributed by atoms with Gasteiger partial charge in [-0.25, -0.2) is 4.39 Å². The number of hydrogen-bond donors (Lipinski definition) is 1. The van der Waals surface area contributed by atoms with Crippen molar-refractivity contribution in [2.75, 3.05) is 13.6 Å². The van der Waals surface area contributed by atoms with E-state index in [1.165, 1.54) is 12.0 Å². The summed E-state index contributed by atoms with van der Waals surface area (Å²) in [5, 5.41) is 3.22. The van der Waals surface area contributed by atoms with Gasteiger partial charge in [-0.1, -0.05) is 32.4 Å². The fourth-order valence-electron chi connectivity index (χ4n) is 1.97. The molecule has 0 aliphatic rings. The summed E-state index contributed by atoms with van der Waals surface area (Å²) in [6, 6.07) is 6.91. The summed E-state index contributed by atoms with van der Waals surface area (Å²) >= 11 is 0. The molecule has 0 aromatic heterocycles. The summed E-state index contributed by atoms with van der Waals surface area (Å²) in [6.07, 6.45) is 2.35. The Kier molecular flexibility index (Phi) is 5.47. The molecule has 1 nitrogen and oxygen atoms in total. The van der Waals surface area contributed by atoms with E-state index in [1.54, 1.807) is 12.1 Å². The molecule has 0 spiro atoms. The molecule has 1 aromatic carbocycles. The van der Waals surface area contributed by atoms with Crippen LogP contribution in [0.15, 0.2) is 24.3 Å². The van der Waals surface area contributed by atoms with E-state index in [2.05, 4.69) is 19.2 Å². The molecule has 0 bridgehead atoms. The van der Waals surface area contributed by atoms with Crippen molar-refractivity contribution in [2.24, 2.45) is 5.92 Å². The molecule has 2 unspecified atom stereocenters. The second kappa shape index (κ2) is 6.64. The van der Waals surface area contributed by atoms with E-state index in [1.807, 2.05) is 19.2 Å². The van der Waals surface area contributed by atoms with E-state index in [0.29, 0.717) is 11.8 Å². The first-order valence-corrected chi connectivity index (χ1v) is 6.07. The van der Waals surface area contributed by atoms with Crippen LogP contribution < -0.4 is 5.32 Å². The molecule has 0 saturated carbocycles. The predicted octanol–water partition coefficient (Wildman–Crippen LogP) is 3.56. The van der Waals surface area contributed by atoms with Crippen molar-refractivity contribution < 1.29 is 4.39 Å². The molecule has 1 N–H and O–H groups in total. The van der Waals surface area contributed by atoms with Crippen LogP contribution >= 0.6 is 0 Å². The molecule has 2 heteroatoms. The fourth-order valence-corrected chi connectivity index (χ4v) is 1.97. The van der Waals surface area contributed by atoms with Crippen molar-refractivity contribution in [3.63, 3.8) is 0 Å². The van der Waals surface area contributed by atoms with E-state index >= 15 is 0 Å². The summed E-state index contributed by atoms with van der Waals surface area (Å²) in [7, 11) is 1.97. The van der Waals surface area contributed by atoms with Crippen LogP contribution in [0.2, 0.25) is 0 Å². The van der Waals surface area contributed by atoms with Crippen molar-refractivity contribution in [3.05, 3.63) is 35.6 Å². The van der Waals surface area contributed by atoms with Crippen molar-refractivity contribution in [2.45, 2.75) is 32.6 Å². The van der Waals surface area contributed by atoms with E-state index < -0.39 is 0 Å². The number of nitrogens with one attached hydrogen (secondary N) is 1. The normalized spacial score (nSPS) is 14.8. The summed E-state index contributed by atoms with van der Waals surface area (Å²) in [5.41, 5.74) is 1.23. The van der Waals surface area contributed by atoms with E-state index in [0.717, 1.165) is 13.0 Å². The van der Waals surface area contributed by atoms with Gasteiger partial charge in [-0.15, -0.1) is 0 Å². The van der Waals surface area contributed by atoms with Crippen LogP contribution in [0.25, 0.3) is 0 Å². The Morgan fingerprint density at radius 1 is 1.25 bits per heavy atom. The van der Waals surface area contributed by atoms with Crippen LogP contribution in [0.1, 0.15) is 38.2 Å². The molecular weight excluding hydrogens is 201 g/mol. The van der Waals surface area contributed by atoms with Gasteiger partial charge in [0.25, 0.3) is 0 Å². The third-order valence-corrected chi connectivity index (χ3v) is 3.18. The zero-order valence-electron chi connectivity index (χ0n) is 10.5. The van der Waals surface area contributed by atoms with Gasteiger partial charge in [0.2, 0.25) is 0 Å². The molecule has 0 fully saturated rings. The summed E-state index contributed by atoms with van der Waals surface area (Å²) in [4.78, 5) is 0. The second-order valence-electron chi connectivity index (χ2n) is 4.56. The number of halogens is 1. The van der Waals surface area contributed by atoms with E-state index in [-0.39, 0.29) is 5.82 Å². The average Bonchev–Trinajstić information content (AvgIpc) is 2.29. The first-order chi connectivity index (χ1) is 7.67. The highest BCUT2D eigenvalue weighted by molar-refractivity contribution is 5.20. The largest absolute Gasteiger partial charge is 0.319 e. The SMILES string of the molecule is CCC(C)CC(CNC)c1ccc(F)cc1. The summed E-state index contributed by atoms with van der Waals surface area (Å²) in [5.74, 6) is 1.04. The second-order valence-corrected chi connectivity index (χ2v) is 4.56. The van der Waals surface area contributed by atoms with Gasteiger partial charge < -0.3 is 5.32 Å². The Balaban J connectivity index is 2.72. The quantitative estimate of drug-likeness (QED) is 0.777. The summed E-state index contributed by atoms with van der Waals surface area (Å²) < 4.78 is 12.8. The lowest BCUT2D eigenvalue weighted by Crippen LogP contribution is -2.19. The lowest BCUT2D eigenvalue weighted by molar-refractivity contribution is 0.444. The molecule has 2 atom stereocenters. The van der Waals surface area contributed by atoms with Gasteiger partial charge >= 0.3 is 0 Å². The minimum absolute atomic E-state index is 0.157. The monoisotopic (exact) mass is 223 g/mol. The zero-order valence-corrected chi connectivity index (χ0v) is 10.5. The van der Waals surface area contributed by atoms with Crippen molar-refractivity contribution >= 4 is 0 Å². The van der Waals surface area contributed by atoms with Crippen LogP contribution in [0.5, 0.6) is 0 Å². The van der Waals surface area contributed by atoms with Crippen molar-refractivity contribution in [1.29, 1.82) is 0 Å². The van der Waals surface area contributed by atoms with Gasteiger partial charge in [-0.05, 0) is 43.0 Å². The fraction of sp³-hybridized carbons (Fsp3) is 0.571. The topological polar surface area (TPSA) is 12.0 Å². The molecule has 1 rings (SSSR count). The maximum atomic E-state index is 12.8. The van der Waals surface area contributed by atoms with Gasteiger partial charge in [0, 0.05) is 6.54 Å². The molecule has 16 heavy (non-hydrogen) atoms. The third kappa shape index (κ3) is 3.93. The molecule has 0 heterocycles. The Morgan fingerprint density at radius 2 is 1.88 bits per heavy atom. The number of likely N-dealkylation sites (N-methyl/N-ethyl adjacent to an activating group) is 1. The molecule has 1 aromatic rings. The standard InChI is InChI=1S/C14H22FN/c1-4-11(2)9-13(10-16-3)12-5-7-14(15)8-6-12/h5-8,11,13,16H,4,9-10H2,1-3H3. The van der Waals surface area contributed by atoms with Gasteiger partial charge in [0.05, 0.1) is 0 Å². The first kappa shape index (κ1) is 13.2. The molecule has 0 radical (unpaired) electrons. The van der Waals surface area contributed by atoms with Gasteiger partial charge in [-0.3, -0.25) is 0 Å². The number of benzene rings is 1. The van der Waals surface area contributed by atoms with Crippen LogP contribution in [-0.4, -0.2) is 13.6 Å². The smallest absolute Gasteiger partial charge is 0.123 e. The Bertz CT molecular complexity index is 294. The highest BCUT2D eigenvalue weighted by Crippen LogP contribution is 2.24. The van der Waals surface area contributed by atoms with Crippen LogP contribution in [0, 0.1) is 11.7 Å². The molecular formula is C14H22FN. The number of hydrogen-bond acceptors (Lipinski definition) is 1. The first-order valence-electron chi connectivity index (χ1n) is 6.07. The van der Waals surface area contributed by atoms with E-state index in [9.17, 15) is 4.39 Å². The molecule has 0 aliphatic heterocycles. The minimum atomic E-state index is -0.157. The predicted molar refractivity (Wildman–Crippen MR) is 67.1 cm³/mol. The number of rotatable bonds is 6. The minimum Gasteiger partial charge on any atom is -0.319 e. The Hall–Kier alpha value is -0.890. The van der Waals surface area contributed by atoms with Crippen molar-refractivity contribution in [1.82, 2.24) is 5.32 Å². The highest BCUT2D eigenvalue weighted by atomic mass is 19.1. The Morgan fingerprint density at radius 3 is 2.38 bits per heavy atom. The highest BCUT2D eigenvalue weighted by Gasteiger charge is 2.13. The maximum absolute atomic E-state index is 12.8. The molecule has 0 amide bonds. The zero-order chi connectivity index (χ0) is 12.0. The third-order valence-electron chi connectivity index (χ3n) is 3.18. The molecule has 90 valence electrons. The lowest BCUT2D eigenvalue weighted by Gasteiger charge is -2.20. The van der Waals surface area contributed by atoms with Gasteiger partial charge in [-0.2, -0.15) is 0 Å². The van der Waals surface area contributed by atoms with Gasteiger partial charge in [0.15, 0.2) is 0 Å². The maximum Gasteiger partial charge on any atom is 0.123 e. The van der Waals surface area contributed by atoms with Crippen LogP contribution in [0.4, 0.5) is 4.39 Å². The molecule has 0 saturated heterocycles. The van der Waals surface area contributed by atoms with Gasteiger partial charge in [0.1, 0.15) is 5.82 Å². The van der Waals surface area contributed by atoms with Crippen LogP contribution in [-0.2, 0) is 0 Å².